The van der Waals surface area contributed by atoms with Crippen molar-refractivity contribution in [1.29, 1.82) is 0 Å². The lowest BCUT2D eigenvalue weighted by atomic mass is 10.1. The number of nitrogens with one attached hydrogen (secondary N) is 3. The van der Waals surface area contributed by atoms with Crippen molar-refractivity contribution in [3.63, 3.8) is 0 Å². The molecule has 2 rings (SSSR count). The molecule has 0 aliphatic carbocycles. The third-order valence-electron chi connectivity index (χ3n) is 3.59. The minimum Gasteiger partial charge on any atom is -0.352 e. The molecule has 0 fully saturated rings. The number of carbonyl (C=O) groups is 2. The predicted molar refractivity (Wildman–Crippen MR) is 95.8 cm³/mol. The van der Waals surface area contributed by atoms with Gasteiger partial charge in [-0.3, -0.25) is 9.59 Å². The molecule has 5 nitrogen and oxygen atoms in total. The van der Waals surface area contributed by atoms with E-state index in [1.54, 1.807) is 24.3 Å². The van der Waals surface area contributed by atoms with E-state index < -0.39 is 5.82 Å². The van der Waals surface area contributed by atoms with Gasteiger partial charge in [-0.25, -0.2) is 4.39 Å². The standard InChI is InChI=1S/C19H22FN3O2/c1-21-10-4-9-18(24)22-13-14-5-2-8-17(11-14)23-19(25)15-6-3-7-16(20)12-15/h2-3,5-8,11-12,21H,4,9-10,13H2,1H3,(H,22,24)(H,23,25). The van der Waals surface area contributed by atoms with Gasteiger partial charge in [0.1, 0.15) is 5.82 Å². The van der Waals surface area contributed by atoms with Crippen molar-refractivity contribution in [2.75, 3.05) is 18.9 Å². The van der Waals surface area contributed by atoms with Gasteiger partial charge in [-0.2, -0.15) is 0 Å². The van der Waals surface area contributed by atoms with Gasteiger partial charge in [-0.1, -0.05) is 18.2 Å². The van der Waals surface area contributed by atoms with Crippen LogP contribution in [0.25, 0.3) is 0 Å². The number of carbonyl (C=O) groups excluding carboxylic acids is 2. The molecule has 0 atom stereocenters. The predicted octanol–water partition coefficient (Wildman–Crippen LogP) is 2.69. The highest BCUT2D eigenvalue weighted by Gasteiger charge is 2.07. The third kappa shape index (κ3) is 6.35. The van der Waals surface area contributed by atoms with Crippen molar-refractivity contribution >= 4 is 17.5 Å². The largest absolute Gasteiger partial charge is 0.352 e. The maximum absolute atomic E-state index is 13.2. The van der Waals surface area contributed by atoms with Crippen LogP contribution in [0, 0.1) is 5.82 Å². The lowest BCUT2D eigenvalue weighted by Crippen LogP contribution is -2.23. The van der Waals surface area contributed by atoms with E-state index in [1.807, 2.05) is 13.1 Å². The van der Waals surface area contributed by atoms with Gasteiger partial charge in [0.05, 0.1) is 0 Å². The molecule has 0 heterocycles. The fourth-order valence-electron chi connectivity index (χ4n) is 2.31. The summed E-state index contributed by atoms with van der Waals surface area (Å²) in [5.74, 6) is -0.848. The van der Waals surface area contributed by atoms with Gasteiger partial charge in [0.2, 0.25) is 5.91 Å². The lowest BCUT2D eigenvalue weighted by molar-refractivity contribution is -0.121. The van der Waals surface area contributed by atoms with Crippen LogP contribution in [0.4, 0.5) is 10.1 Å². The molecule has 25 heavy (non-hydrogen) atoms. The molecule has 0 saturated heterocycles. The molecule has 0 bridgehead atoms. The molecule has 2 aromatic carbocycles. The first-order valence-corrected chi connectivity index (χ1v) is 8.15. The number of amides is 2. The van der Waals surface area contributed by atoms with E-state index in [0.717, 1.165) is 18.5 Å². The highest BCUT2D eigenvalue weighted by molar-refractivity contribution is 6.04. The van der Waals surface area contributed by atoms with Gasteiger partial charge in [0.25, 0.3) is 5.91 Å². The van der Waals surface area contributed by atoms with Crippen LogP contribution < -0.4 is 16.0 Å². The number of hydrogen-bond acceptors (Lipinski definition) is 3. The van der Waals surface area contributed by atoms with Gasteiger partial charge in [-0.15, -0.1) is 0 Å². The van der Waals surface area contributed by atoms with Gasteiger partial charge < -0.3 is 16.0 Å². The molecule has 2 amide bonds. The van der Waals surface area contributed by atoms with E-state index in [4.69, 9.17) is 0 Å². The van der Waals surface area contributed by atoms with Crippen LogP contribution in [-0.2, 0) is 11.3 Å². The van der Waals surface area contributed by atoms with Crippen LogP contribution in [0.15, 0.2) is 48.5 Å². The van der Waals surface area contributed by atoms with Crippen LogP contribution in [0.2, 0.25) is 0 Å². The van der Waals surface area contributed by atoms with Crippen LogP contribution in [-0.4, -0.2) is 25.4 Å². The average Bonchev–Trinajstić information content (AvgIpc) is 2.60. The minimum atomic E-state index is -0.456. The van der Waals surface area contributed by atoms with Crippen LogP contribution in [0.3, 0.4) is 0 Å². The Morgan fingerprint density at radius 3 is 2.64 bits per heavy atom. The molecule has 2 aromatic rings. The van der Waals surface area contributed by atoms with E-state index in [0.29, 0.717) is 18.7 Å². The van der Waals surface area contributed by atoms with E-state index >= 15 is 0 Å². The fourth-order valence-corrected chi connectivity index (χ4v) is 2.31. The zero-order chi connectivity index (χ0) is 18.1. The fraction of sp³-hybridized carbons (Fsp3) is 0.263. The monoisotopic (exact) mass is 343 g/mol. The highest BCUT2D eigenvalue weighted by atomic mass is 19.1. The Morgan fingerprint density at radius 2 is 1.88 bits per heavy atom. The van der Waals surface area contributed by atoms with E-state index in [2.05, 4.69) is 16.0 Å². The maximum atomic E-state index is 13.2. The summed E-state index contributed by atoms with van der Waals surface area (Å²) in [5, 5.41) is 8.57. The first-order chi connectivity index (χ1) is 12.1. The van der Waals surface area contributed by atoms with Gasteiger partial charge in [-0.05, 0) is 55.9 Å². The number of hydrogen-bond donors (Lipinski definition) is 3. The summed E-state index contributed by atoms with van der Waals surface area (Å²) >= 11 is 0. The second-order valence-electron chi connectivity index (χ2n) is 5.65. The van der Waals surface area contributed by atoms with E-state index in [-0.39, 0.29) is 17.4 Å². The summed E-state index contributed by atoms with van der Waals surface area (Å²) in [5.41, 5.74) is 1.72. The molecule has 132 valence electrons. The Bertz CT molecular complexity index is 734. The molecular weight excluding hydrogens is 321 g/mol. The SMILES string of the molecule is CNCCCC(=O)NCc1cccc(NC(=O)c2cccc(F)c2)c1. The van der Waals surface area contributed by atoms with Gasteiger partial charge in [0.15, 0.2) is 0 Å². The number of rotatable bonds is 8. The normalized spacial score (nSPS) is 10.3. The zero-order valence-electron chi connectivity index (χ0n) is 14.1. The van der Waals surface area contributed by atoms with Crippen LogP contribution in [0.1, 0.15) is 28.8 Å². The second-order valence-corrected chi connectivity index (χ2v) is 5.65. The lowest BCUT2D eigenvalue weighted by Gasteiger charge is -2.09. The second kappa shape index (κ2) is 9.54. The van der Waals surface area contributed by atoms with Gasteiger partial charge >= 0.3 is 0 Å². The quantitative estimate of drug-likeness (QED) is 0.646. The van der Waals surface area contributed by atoms with Gasteiger partial charge in [0, 0.05) is 24.2 Å². The Morgan fingerprint density at radius 1 is 1.08 bits per heavy atom. The topological polar surface area (TPSA) is 70.2 Å². The Kier molecular flexibility index (Phi) is 7.10. The summed E-state index contributed by atoms with van der Waals surface area (Å²) in [6, 6.07) is 12.7. The molecule has 0 radical (unpaired) electrons. The van der Waals surface area contributed by atoms with Crippen LogP contribution in [0.5, 0.6) is 0 Å². The molecule has 0 aliphatic rings. The highest BCUT2D eigenvalue weighted by Crippen LogP contribution is 2.13. The van der Waals surface area contributed by atoms with Crippen molar-refractivity contribution in [1.82, 2.24) is 10.6 Å². The smallest absolute Gasteiger partial charge is 0.255 e. The number of anilines is 1. The first kappa shape index (κ1) is 18.6. The average molecular weight is 343 g/mol. The van der Waals surface area contributed by atoms with Crippen molar-refractivity contribution in [3.8, 4) is 0 Å². The van der Waals surface area contributed by atoms with Crippen molar-refractivity contribution in [3.05, 3.63) is 65.5 Å². The molecule has 6 heteroatoms. The summed E-state index contributed by atoms with van der Waals surface area (Å²) < 4.78 is 13.2. The molecule has 0 aromatic heterocycles. The number of benzene rings is 2. The molecule has 0 spiro atoms. The van der Waals surface area contributed by atoms with E-state index in [9.17, 15) is 14.0 Å². The minimum absolute atomic E-state index is 0.00977. The molecule has 0 unspecified atom stereocenters. The Balaban J connectivity index is 1.90. The first-order valence-electron chi connectivity index (χ1n) is 8.15. The van der Waals surface area contributed by atoms with Crippen molar-refractivity contribution < 1.29 is 14.0 Å². The molecule has 3 N–H and O–H groups in total. The zero-order valence-corrected chi connectivity index (χ0v) is 14.1. The summed E-state index contributed by atoms with van der Waals surface area (Å²) in [6.45, 7) is 1.19. The summed E-state index contributed by atoms with van der Waals surface area (Å²) in [7, 11) is 1.85. The Hall–Kier alpha value is -2.73. The van der Waals surface area contributed by atoms with E-state index in [1.165, 1.54) is 18.2 Å². The third-order valence-corrected chi connectivity index (χ3v) is 3.59. The molecule has 0 aliphatic heterocycles. The summed E-state index contributed by atoms with van der Waals surface area (Å²) in [4.78, 5) is 23.9. The Labute approximate surface area is 146 Å². The maximum Gasteiger partial charge on any atom is 0.255 e. The number of halogens is 1. The molecule has 0 saturated carbocycles. The molecular formula is C19H22FN3O2. The van der Waals surface area contributed by atoms with Crippen LogP contribution >= 0.6 is 0 Å². The van der Waals surface area contributed by atoms with Crippen molar-refractivity contribution in [2.45, 2.75) is 19.4 Å². The van der Waals surface area contributed by atoms with Crippen molar-refractivity contribution in [2.24, 2.45) is 0 Å². The summed E-state index contributed by atoms with van der Waals surface area (Å²) in [6.07, 6.45) is 1.25.